The molecule has 1 aliphatic rings. The van der Waals surface area contributed by atoms with Crippen molar-refractivity contribution >= 4 is 16.9 Å². The third kappa shape index (κ3) is 5.78. The fourth-order valence-corrected chi connectivity index (χ4v) is 2.92. The van der Waals surface area contributed by atoms with Crippen LogP contribution >= 0.6 is 11.8 Å². The van der Waals surface area contributed by atoms with Gasteiger partial charge in [-0.3, -0.25) is 4.99 Å². The zero-order valence-electron chi connectivity index (χ0n) is 11.1. The number of hydrogen-bond acceptors (Lipinski definition) is 2. The van der Waals surface area contributed by atoms with Crippen LogP contribution in [0.25, 0.3) is 0 Å². The molecule has 1 heterocycles. The third-order valence-corrected chi connectivity index (χ3v) is 3.79. The molecule has 0 radical (unpaired) electrons. The van der Waals surface area contributed by atoms with E-state index in [-0.39, 0.29) is 0 Å². The molecule has 0 aromatic carbocycles. The van der Waals surface area contributed by atoms with Crippen molar-refractivity contribution in [1.29, 1.82) is 0 Å². The second kappa shape index (κ2) is 7.21. The molecule has 0 bridgehead atoms. The van der Waals surface area contributed by atoms with Gasteiger partial charge < -0.3 is 5.32 Å². The molecule has 94 valence electrons. The van der Waals surface area contributed by atoms with E-state index in [1.807, 2.05) is 11.8 Å². The largest absolute Gasteiger partial charge is 0.361 e. The van der Waals surface area contributed by atoms with Crippen molar-refractivity contribution in [3.8, 4) is 0 Å². The Morgan fingerprint density at radius 3 is 2.69 bits per heavy atom. The molecule has 16 heavy (non-hydrogen) atoms. The molecule has 1 rings (SSSR count). The number of hydrogen-bond donors (Lipinski definition) is 1. The Morgan fingerprint density at radius 2 is 2.06 bits per heavy atom. The van der Waals surface area contributed by atoms with Crippen LogP contribution in [0.3, 0.4) is 0 Å². The van der Waals surface area contributed by atoms with E-state index in [2.05, 4.69) is 38.0 Å². The summed E-state index contributed by atoms with van der Waals surface area (Å²) in [5, 5.41) is 4.70. The number of aliphatic imine (C=N–C) groups is 1. The van der Waals surface area contributed by atoms with Gasteiger partial charge in [-0.2, -0.15) is 0 Å². The zero-order valence-corrected chi connectivity index (χ0v) is 11.9. The molecule has 0 aliphatic carbocycles. The summed E-state index contributed by atoms with van der Waals surface area (Å²) in [6.45, 7) is 10.1. The monoisotopic (exact) mass is 242 g/mol. The van der Waals surface area contributed by atoms with E-state index >= 15 is 0 Å². The Hall–Kier alpha value is -0.180. The SMILES string of the molecule is CC(C)CCCN=C1NC(CC(C)C)CS1. The number of amidine groups is 1. The lowest BCUT2D eigenvalue weighted by atomic mass is 10.1. The van der Waals surface area contributed by atoms with Gasteiger partial charge in [0.2, 0.25) is 0 Å². The van der Waals surface area contributed by atoms with Gasteiger partial charge in [-0.15, -0.1) is 0 Å². The topological polar surface area (TPSA) is 24.4 Å². The highest BCUT2D eigenvalue weighted by Gasteiger charge is 2.20. The molecule has 0 aromatic rings. The molecule has 2 nitrogen and oxygen atoms in total. The standard InChI is InChI=1S/C13H26N2S/c1-10(2)6-5-7-14-13-15-12(9-16-13)8-11(3)4/h10-12H,5-9H2,1-4H3,(H,14,15). The fourth-order valence-electron chi connectivity index (χ4n) is 1.90. The Labute approximate surface area is 105 Å². The third-order valence-electron chi connectivity index (χ3n) is 2.70. The first-order chi connectivity index (χ1) is 7.58. The van der Waals surface area contributed by atoms with Gasteiger partial charge in [-0.1, -0.05) is 39.5 Å². The van der Waals surface area contributed by atoms with E-state index in [4.69, 9.17) is 0 Å². The quantitative estimate of drug-likeness (QED) is 0.721. The average Bonchev–Trinajstić information content (AvgIpc) is 2.59. The molecular formula is C13H26N2S. The lowest BCUT2D eigenvalue weighted by Crippen LogP contribution is -2.28. The Bertz CT molecular complexity index is 224. The summed E-state index contributed by atoms with van der Waals surface area (Å²) < 4.78 is 0. The smallest absolute Gasteiger partial charge is 0.156 e. The van der Waals surface area contributed by atoms with E-state index in [1.165, 1.54) is 30.2 Å². The second-order valence-electron chi connectivity index (χ2n) is 5.50. The van der Waals surface area contributed by atoms with Crippen molar-refractivity contribution in [3.05, 3.63) is 0 Å². The number of thioether (sulfide) groups is 1. The highest BCUT2D eigenvalue weighted by molar-refractivity contribution is 8.14. The van der Waals surface area contributed by atoms with Gasteiger partial charge in [0.25, 0.3) is 0 Å². The van der Waals surface area contributed by atoms with Gasteiger partial charge in [0.05, 0.1) is 0 Å². The number of nitrogens with zero attached hydrogens (tertiary/aromatic N) is 1. The summed E-state index contributed by atoms with van der Waals surface area (Å²) in [6.07, 6.45) is 3.77. The van der Waals surface area contributed by atoms with Gasteiger partial charge in [0, 0.05) is 18.3 Å². The fraction of sp³-hybridized carbons (Fsp3) is 0.923. The summed E-state index contributed by atoms with van der Waals surface area (Å²) in [7, 11) is 0. The van der Waals surface area contributed by atoms with Crippen LogP contribution in [0.1, 0.15) is 47.0 Å². The van der Waals surface area contributed by atoms with E-state index in [0.29, 0.717) is 6.04 Å². The van der Waals surface area contributed by atoms with Crippen molar-refractivity contribution in [1.82, 2.24) is 5.32 Å². The first kappa shape index (κ1) is 13.9. The van der Waals surface area contributed by atoms with E-state index < -0.39 is 0 Å². The maximum atomic E-state index is 4.62. The Kier molecular flexibility index (Phi) is 6.25. The Morgan fingerprint density at radius 1 is 1.31 bits per heavy atom. The highest BCUT2D eigenvalue weighted by atomic mass is 32.2. The zero-order chi connectivity index (χ0) is 12.0. The van der Waals surface area contributed by atoms with E-state index in [1.54, 1.807) is 0 Å². The van der Waals surface area contributed by atoms with Crippen molar-refractivity contribution in [2.24, 2.45) is 16.8 Å². The van der Waals surface area contributed by atoms with Crippen molar-refractivity contribution in [3.63, 3.8) is 0 Å². The van der Waals surface area contributed by atoms with Gasteiger partial charge in [0.15, 0.2) is 5.17 Å². The van der Waals surface area contributed by atoms with Crippen LogP contribution in [0.4, 0.5) is 0 Å². The van der Waals surface area contributed by atoms with Gasteiger partial charge in [0.1, 0.15) is 0 Å². The summed E-state index contributed by atoms with van der Waals surface area (Å²) in [5.41, 5.74) is 0. The number of rotatable bonds is 6. The number of nitrogens with one attached hydrogen (secondary N) is 1. The minimum atomic E-state index is 0.647. The molecule has 0 saturated carbocycles. The van der Waals surface area contributed by atoms with Crippen molar-refractivity contribution < 1.29 is 0 Å². The predicted molar refractivity (Wildman–Crippen MR) is 75.2 cm³/mol. The van der Waals surface area contributed by atoms with Crippen LogP contribution in [0.2, 0.25) is 0 Å². The lowest BCUT2D eigenvalue weighted by molar-refractivity contribution is 0.502. The minimum Gasteiger partial charge on any atom is -0.361 e. The molecule has 3 heteroatoms. The molecule has 1 atom stereocenters. The molecule has 0 aromatic heterocycles. The molecule has 1 unspecified atom stereocenters. The normalized spacial score (nSPS) is 23.4. The molecule has 1 N–H and O–H groups in total. The molecule has 0 amide bonds. The summed E-state index contributed by atoms with van der Waals surface area (Å²) in [6, 6.07) is 0.647. The van der Waals surface area contributed by atoms with Crippen LogP contribution < -0.4 is 5.32 Å². The minimum absolute atomic E-state index is 0.647. The summed E-state index contributed by atoms with van der Waals surface area (Å²) in [4.78, 5) is 4.62. The van der Waals surface area contributed by atoms with Crippen LogP contribution in [0, 0.1) is 11.8 Å². The summed E-state index contributed by atoms with van der Waals surface area (Å²) in [5.74, 6) is 2.78. The molecule has 1 saturated heterocycles. The maximum Gasteiger partial charge on any atom is 0.156 e. The van der Waals surface area contributed by atoms with E-state index in [0.717, 1.165) is 18.4 Å². The molecule has 0 spiro atoms. The van der Waals surface area contributed by atoms with Gasteiger partial charge >= 0.3 is 0 Å². The second-order valence-corrected chi connectivity index (χ2v) is 6.51. The van der Waals surface area contributed by atoms with Crippen molar-refractivity contribution in [2.75, 3.05) is 12.3 Å². The van der Waals surface area contributed by atoms with Crippen LogP contribution in [0.15, 0.2) is 4.99 Å². The first-order valence-electron chi connectivity index (χ1n) is 6.51. The van der Waals surface area contributed by atoms with Crippen LogP contribution in [0.5, 0.6) is 0 Å². The maximum absolute atomic E-state index is 4.62. The highest BCUT2D eigenvalue weighted by Crippen LogP contribution is 2.19. The molecular weight excluding hydrogens is 216 g/mol. The van der Waals surface area contributed by atoms with E-state index in [9.17, 15) is 0 Å². The van der Waals surface area contributed by atoms with Crippen LogP contribution in [-0.2, 0) is 0 Å². The average molecular weight is 242 g/mol. The predicted octanol–water partition coefficient (Wildman–Crippen LogP) is 3.53. The lowest BCUT2D eigenvalue weighted by Gasteiger charge is -2.11. The molecule has 1 aliphatic heterocycles. The van der Waals surface area contributed by atoms with Crippen LogP contribution in [-0.4, -0.2) is 23.5 Å². The first-order valence-corrected chi connectivity index (χ1v) is 7.50. The summed E-state index contributed by atoms with van der Waals surface area (Å²) >= 11 is 1.89. The van der Waals surface area contributed by atoms with Crippen molar-refractivity contribution in [2.45, 2.75) is 53.0 Å². The Balaban J connectivity index is 2.17. The molecule has 1 fully saturated rings. The van der Waals surface area contributed by atoms with Gasteiger partial charge in [-0.05, 0) is 31.1 Å². The van der Waals surface area contributed by atoms with Gasteiger partial charge in [-0.25, -0.2) is 0 Å².